The lowest BCUT2D eigenvalue weighted by molar-refractivity contribution is -0.144. The number of carboxylic acid groups (broad SMARTS) is 1. The van der Waals surface area contributed by atoms with Crippen molar-refractivity contribution in [1.29, 1.82) is 0 Å². The lowest BCUT2D eigenvalue weighted by Gasteiger charge is -2.33. The molecule has 7 nitrogen and oxygen atoms in total. The van der Waals surface area contributed by atoms with Gasteiger partial charge in [-0.15, -0.1) is 5.10 Å². The van der Waals surface area contributed by atoms with Gasteiger partial charge in [0.1, 0.15) is 5.54 Å². The van der Waals surface area contributed by atoms with Gasteiger partial charge in [-0.05, 0) is 29.9 Å². The summed E-state index contributed by atoms with van der Waals surface area (Å²) in [6, 6.07) is 9.70. The summed E-state index contributed by atoms with van der Waals surface area (Å²) < 4.78 is 1.56. The summed E-state index contributed by atoms with van der Waals surface area (Å²) in [5.74, 6) is -0.0583. The van der Waals surface area contributed by atoms with Crippen molar-refractivity contribution in [3.05, 3.63) is 47.8 Å². The first-order valence-electron chi connectivity index (χ1n) is 7.67. The second-order valence-electron chi connectivity index (χ2n) is 5.74. The molecule has 2 heterocycles. The maximum Gasteiger partial charge on any atom is 0.329 e. The van der Waals surface area contributed by atoms with Crippen LogP contribution in [-0.4, -0.2) is 49.0 Å². The molecule has 8 heteroatoms. The fourth-order valence-corrected chi connectivity index (χ4v) is 3.83. The molecule has 1 fully saturated rings. The number of hydrogen-bond acceptors (Lipinski definition) is 5. The Morgan fingerprint density at radius 1 is 1.25 bits per heavy atom. The Labute approximate surface area is 143 Å². The van der Waals surface area contributed by atoms with Gasteiger partial charge in [-0.1, -0.05) is 35.5 Å². The fraction of sp³-hybridized carbons (Fsp3) is 0.375. The number of amides is 1. The van der Waals surface area contributed by atoms with E-state index in [4.69, 9.17) is 0 Å². The third-order valence-corrected chi connectivity index (χ3v) is 5.05. The van der Waals surface area contributed by atoms with E-state index >= 15 is 0 Å². The molecule has 1 amide bonds. The average Bonchev–Trinajstić information content (AvgIpc) is 3.05. The summed E-state index contributed by atoms with van der Waals surface area (Å²) in [6.07, 6.45) is 2.36. The Hall–Kier alpha value is -2.35. The van der Waals surface area contributed by atoms with Crippen molar-refractivity contribution in [2.45, 2.75) is 24.9 Å². The third kappa shape index (κ3) is 3.59. The molecule has 1 aliphatic heterocycles. The van der Waals surface area contributed by atoms with Gasteiger partial charge in [0.05, 0.1) is 12.7 Å². The number of carbonyl (C=O) groups is 2. The van der Waals surface area contributed by atoms with E-state index in [-0.39, 0.29) is 5.69 Å². The van der Waals surface area contributed by atoms with Gasteiger partial charge < -0.3 is 10.4 Å². The second-order valence-corrected chi connectivity index (χ2v) is 6.97. The Balaban J connectivity index is 1.70. The predicted molar refractivity (Wildman–Crippen MR) is 90.0 cm³/mol. The summed E-state index contributed by atoms with van der Waals surface area (Å²) in [6.45, 7) is 0.502. The zero-order valence-electron chi connectivity index (χ0n) is 13.0. The fourth-order valence-electron chi connectivity index (χ4n) is 2.64. The molecule has 1 aromatic carbocycles. The SMILES string of the molecule is O=C(NC1(C(=O)O)CCSCC1)c1cn(Cc2ccccc2)nn1. The Kier molecular flexibility index (Phi) is 4.84. The van der Waals surface area contributed by atoms with E-state index in [1.807, 2.05) is 30.3 Å². The molecule has 1 aliphatic rings. The highest BCUT2D eigenvalue weighted by atomic mass is 32.2. The van der Waals surface area contributed by atoms with Crippen molar-refractivity contribution in [1.82, 2.24) is 20.3 Å². The molecule has 0 atom stereocenters. The van der Waals surface area contributed by atoms with E-state index in [2.05, 4.69) is 15.6 Å². The van der Waals surface area contributed by atoms with Crippen LogP contribution in [0.1, 0.15) is 28.9 Å². The highest BCUT2D eigenvalue weighted by molar-refractivity contribution is 7.99. The number of carboxylic acids is 1. The molecule has 1 aromatic heterocycles. The number of thioether (sulfide) groups is 1. The second kappa shape index (κ2) is 7.04. The number of nitrogens with zero attached hydrogens (tertiary/aromatic N) is 3. The van der Waals surface area contributed by atoms with E-state index < -0.39 is 17.4 Å². The molecule has 0 bridgehead atoms. The van der Waals surface area contributed by atoms with Crippen molar-refractivity contribution in [3.8, 4) is 0 Å². The first-order chi connectivity index (χ1) is 11.6. The minimum Gasteiger partial charge on any atom is -0.480 e. The largest absolute Gasteiger partial charge is 0.480 e. The van der Waals surface area contributed by atoms with E-state index in [1.165, 1.54) is 6.20 Å². The first kappa shape index (κ1) is 16.5. The van der Waals surface area contributed by atoms with Crippen molar-refractivity contribution in [3.63, 3.8) is 0 Å². The monoisotopic (exact) mass is 346 g/mol. The molecule has 0 spiro atoms. The highest BCUT2D eigenvalue weighted by Crippen LogP contribution is 2.27. The van der Waals surface area contributed by atoms with Gasteiger partial charge in [0.15, 0.2) is 5.69 Å². The topological polar surface area (TPSA) is 97.1 Å². The number of benzene rings is 1. The number of rotatable bonds is 5. The van der Waals surface area contributed by atoms with Crippen LogP contribution in [0.25, 0.3) is 0 Å². The van der Waals surface area contributed by atoms with E-state index in [0.717, 1.165) is 5.56 Å². The molecule has 2 aromatic rings. The van der Waals surface area contributed by atoms with Crippen molar-refractivity contribution in [2.75, 3.05) is 11.5 Å². The summed E-state index contributed by atoms with van der Waals surface area (Å²) >= 11 is 1.70. The number of aromatic nitrogens is 3. The van der Waals surface area contributed by atoms with Crippen molar-refractivity contribution < 1.29 is 14.7 Å². The van der Waals surface area contributed by atoms with Crippen LogP contribution in [0.15, 0.2) is 36.5 Å². The molecule has 0 aliphatic carbocycles. The molecule has 1 saturated heterocycles. The maximum absolute atomic E-state index is 12.4. The average molecular weight is 346 g/mol. The van der Waals surface area contributed by atoms with Crippen LogP contribution < -0.4 is 5.32 Å². The molecule has 0 saturated carbocycles. The zero-order chi connectivity index (χ0) is 17.0. The van der Waals surface area contributed by atoms with Gasteiger partial charge in [-0.3, -0.25) is 4.79 Å². The lowest BCUT2D eigenvalue weighted by Crippen LogP contribution is -2.56. The van der Waals surface area contributed by atoms with Crippen LogP contribution in [0.5, 0.6) is 0 Å². The van der Waals surface area contributed by atoms with Crippen LogP contribution >= 0.6 is 11.8 Å². The number of nitrogens with one attached hydrogen (secondary N) is 1. The summed E-state index contributed by atoms with van der Waals surface area (Å²) in [4.78, 5) is 24.0. The maximum atomic E-state index is 12.4. The molecule has 3 rings (SSSR count). The van der Waals surface area contributed by atoms with Crippen LogP contribution in [0.4, 0.5) is 0 Å². The summed E-state index contributed by atoms with van der Waals surface area (Å²) in [5.41, 5.74) is -0.0311. The van der Waals surface area contributed by atoms with Gasteiger partial charge in [0.25, 0.3) is 5.91 Å². The Bertz CT molecular complexity index is 726. The normalized spacial score (nSPS) is 16.5. The van der Waals surface area contributed by atoms with Crippen LogP contribution in [-0.2, 0) is 11.3 Å². The number of aliphatic carboxylic acids is 1. The van der Waals surface area contributed by atoms with Crippen LogP contribution in [0.3, 0.4) is 0 Å². The molecule has 126 valence electrons. The quantitative estimate of drug-likeness (QED) is 0.849. The lowest BCUT2D eigenvalue weighted by atomic mass is 9.92. The van der Waals surface area contributed by atoms with Crippen molar-refractivity contribution in [2.24, 2.45) is 0 Å². The Morgan fingerprint density at radius 3 is 2.62 bits per heavy atom. The minimum absolute atomic E-state index is 0.129. The van der Waals surface area contributed by atoms with E-state index in [9.17, 15) is 14.7 Å². The van der Waals surface area contributed by atoms with Crippen molar-refractivity contribution >= 4 is 23.6 Å². The summed E-state index contributed by atoms with van der Waals surface area (Å²) in [5, 5.41) is 20.0. The number of carbonyl (C=O) groups excluding carboxylic acids is 1. The van der Waals surface area contributed by atoms with Crippen LogP contribution in [0, 0.1) is 0 Å². The molecule has 0 unspecified atom stereocenters. The molecule has 0 radical (unpaired) electrons. The minimum atomic E-state index is -1.20. The van der Waals surface area contributed by atoms with E-state index in [1.54, 1.807) is 16.4 Å². The standard InChI is InChI=1S/C16H18N4O3S/c21-14(17-16(15(22)23)6-8-24-9-7-16)13-11-20(19-18-13)10-12-4-2-1-3-5-12/h1-5,11H,6-10H2,(H,17,21)(H,22,23). The van der Waals surface area contributed by atoms with Gasteiger partial charge >= 0.3 is 5.97 Å². The zero-order valence-corrected chi connectivity index (χ0v) is 13.8. The Morgan fingerprint density at radius 2 is 1.96 bits per heavy atom. The van der Waals surface area contributed by atoms with Crippen LogP contribution in [0.2, 0.25) is 0 Å². The predicted octanol–water partition coefficient (Wildman–Crippen LogP) is 1.41. The van der Waals surface area contributed by atoms with Gasteiger partial charge in [-0.25, -0.2) is 9.48 Å². The summed E-state index contributed by atoms with van der Waals surface area (Å²) in [7, 11) is 0. The smallest absolute Gasteiger partial charge is 0.329 e. The molecular weight excluding hydrogens is 328 g/mol. The highest BCUT2D eigenvalue weighted by Gasteiger charge is 2.41. The number of hydrogen-bond donors (Lipinski definition) is 2. The molecule has 24 heavy (non-hydrogen) atoms. The van der Waals surface area contributed by atoms with Gasteiger partial charge in [0, 0.05) is 0 Å². The molecular formula is C16H18N4O3S. The third-order valence-electron chi connectivity index (χ3n) is 4.07. The van der Waals surface area contributed by atoms with Gasteiger partial charge in [0.2, 0.25) is 0 Å². The van der Waals surface area contributed by atoms with E-state index in [0.29, 0.717) is 30.9 Å². The van der Waals surface area contributed by atoms with Gasteiger partial charge in [-0.2, -0.15) is 11.8 Å². The molecule has 2 N–H and O–H groups in total. The first-order valence-corrected chi connectivity index (χ1v) is 8.82.